The van der Waals surface area contributed by atoms with Crippen LogP contribution in [0.1, 0.15) is 32.8 Å². The molecule has 1 rings (SSSR count). The molecule has 18 heavy (non-hydrogen) atoms. The third-order valence-corrected chi connectivity index (χ3v) is 2.52. The van der Waals surface area contributed by atoms with Gasteiger partial charge < -0.3 is 4.74 Å². The lowest BCUT2D eigenvalue weighted by Crippen LogP contribution is -1.94. The van der Waals surface area contributed by atoms with Gasteiger partial charge in [-0.2, -0.15) is 0 Å². The molecule has 1 nitrogen and oxygen atoms in total. The summed E-state index contributed by atoms with van der Waals surface area (Å²) in [5.74, 6) is 0.930. The fourth-order valence-electron chi connectivity index (χ4n) is 1.55. The Morgan fingerprint density at radius 3 is 2.39 bits per heavy atom. The van der Waals surface area contributed by atoms with Gasteiger partial charge in [0, 0.05) is 0 Å². The van der Waals surface area contributed by atoms with Crippen LogP contribution in [-0.4, -0.2) is 6.61 Å². The summed E-state index contributed by atoms with van der Waals surface area (Å²) in [6.07, 6.45) is 7.24. The quantitative estimate of drug-likeness (QED) is 0.637. The van der Waals surface area contributed by atoms with Crippen molar-refractivity contribution in [3.05, 3.63) is 60.2 Å². The van der Waals surface area contributed by atoms with E-state index in [0.29, 0.717) is 0 Å². The molecular weight excluding hydrogens is 220 g/mol. The highest BCUT2D eigenvalue weighted by molar-refractivity contribution is 5.74. The van der Waals surface area contributed by atoms with E-state index in [4.69, 9.17) is 4.74 Å². The topological polar surface area (TPSA) is 9.23 Å². The van der Waals surface area contributed by atoms with Crippen LogP contribution in [0.4, 0.5) is 0 Å². The largest absolute Gasteiger partial charge is 0.494 e. The van der Waals surface area contributed by atoms with Crippen molar-refractivity contribution in [3.8, 4) is 5.75 Å². The Labute approximate surface area is 110 Å². The molecule has 0 atom stereocenters. The van der Waals surface area contributed by atoms with E-state index in [1.54, 1.807) is 0 Å². The maximum absolute atomic E-state index is 5.57. The van der Waals surface area contributed by atoms with Gasteiger partial charge in [0.2, 0.25) is 0 Å². The van der Waals surface area contributed by atoms with Crippen LogP contribution in [0.3, 0.4) is 0 Å². The Hall–Kier alpha value is -1.76. The van der Waals surface area contributed by atoms with E-state index < -0.39 is 0 Å². The third-order valence-electron chi connectivity index (χ3n) is 2.52. The molecule has 0 unspecified atom stereocenters. The highest BCUT2D eigenvalue weighted by Gasteiger charge is 1.98. The number of ether oxygens (including phenoxy) is 1. The van der Waals surface area contributed by atoms with E-state index in [9.17, 15) is 0 Å². The van der Waals surface area contributed by atoms with Crippen molar-refractivity contribution in [1.82, 2.24) is 0 Å². The summed E-state index contributed by atoms with van der Waals surface area (Å²) >= 11 is 0. The minimum atomic E-state index is 0.769. The molecule has 96 valence electrons. The van der Waals surface area contributed by atoms with Gasteiger partial charge in [0.05, 0.1) is 6.61 Å². The van der Waals surface area contributed by atoms with Crippen molar-refractivity contribution < 1.29 is 4.74 Å². The average molecular weight is 242 g/mol. The van der Waals surface area contributed by atoms with Gasteiger partial charge in [0.25, 0.3) is 0 Å². The smallest absolute Gasteiger partial charge is 0.119 e. The molecule has 0 aromatic heterocycles. The first-order chi connectivity index (χ1) is 8.67. The van der Waals surface area contributed by atoms with Crippen LogP contribution in [0.5, 0.6) is 5.75 Å². The molecule has 0 spiro atoms. The summed E-state index contributed by atoms with van der Waals surface area (Å²) in [4.78, 5) is 0. The Morgan fingerprint density at radius 2 is 1.89 bits per heavy atom. The Balaban J connectivity index is 2.79. The molecule has 0 bridgehead atoms. The fourth-order valence-corrected chi connectivity index (χ4v) is 1.55. The lowest BCUT2D eigenvalue weighted by atomic mass is 10.0. The maximum Gasteiger partial charge on any atom is 0.119 e. The van der Waals surface area contributed by atoms with Crippen LogP contribution in [0.15, 0.2) is 54.6 Å². The summed E-state index contributed by atoms with van der Waals surface area (Å²) in [6, 6.07) is 8.21. The van der Waals surface area contributed by atoms with E-state index in [1.807, 2.05) is 32.1 Å². The molecule has 1 aromatic rings. The molecule has 0 N–H and O–H groups in total. The maximum atomic E-state index is 5.57. The summed E-state index contributed by atoms with van der Waals surface area (Å²) < 4.78 is 5.57. The van der Waals surface area contributed by atoms with E-state index in [2.05, 4.69) is 37.8 Å². The molecule has 0 aliphatic rings. The standard InChI is InChI=1S/C17H22O/c1-5-13-18-17-11-9-16(10-12-17)15(6-2)8-7-14(3)4/h6-12H,3,5,13H2,1-2,4H3/b8-7-,15-6+. The normalized spacial score (nSPS) is 11.8. The third kappa shape index (κ3) is 4.62. The molecule has 0 aliphatic carbocycles. The minimum absolute atomic E-state index is 0.769. The second-order valence-corrected chi connectivity index (χ2v) is 4.30. The van der Waals surface area contributed by atoms with E-state index in [0.717, 1.165) is 24.4 Å². The molecule has 0 radical (unpaired) electrons. The lowest BCUT2D eigenvalue weighted by Gasteiger charge is -2.06. The van der Waals surface area contributed by atoms with Gasteiger partial charge in [0.15, 0.2) is 0 Å². The van der Waals surface area contributed by atoms with Crippen LogP contribution < -0.4 is 4.74 Å². The molecule has 0 aliphatic heterocycles. The van der Waals surface area contributed by atoms with Crippen molar-refractivity contribution in [3.63, 3.8) is 0 Å². The fraction of sp³-hybridized carbons (Fsp3) is 0.294. The zero-order valence-corrected chi connectivity index (χ0v) is 11.6. The molecule has 0 heterocycles. The Kier molecular flexibility index (Phi) is 5.99. The predicted octanol–water partition coefficient (Wildman–Crippen LogP) is 5.01. The van der Waals surface area contributed by atoms with E-state index in [1.165, 1.54) is 11.1 Å². The highest BCUT2D eigenvalue weighted by atomic mass is 16.5. The molecule has 1 aromatic carbocycles. The van der Waals surface area contributed by atoms with Crippen molar-refractivity contribution in [2.24, 2.45) is 0 Å². The van der Waals surface area contributed by atoms with Gasteiger partial charge in [-0.05, 0) is 43.5 Å². The van der Waals surface area contributed by atoms with Crippen LogP contribution >= 0.6 is 0 Å². The number of allylic oxidation sites excluding steroid dienone is 5. The Bertz CT molecular complexity index is 435. The lowest BCUT2D eigenvalue weighted by molar-refractivity contribution is 0.317. The van der Waals surface area contributed by atoms with Crippen molar-refractivity contribution >= 4 is 5.57 Å². The van der Waals surface area contributed by atoms with Gasteiger partial charge in [-0.25, -0.2) is 0 Å². The van der Waals surface area contributed by atoms with Crippen molar-refractivity contribution in [2.45, 2.75) is 27.2 Å². The summed E-state index contributed by atoms with van der Waals surface area (Å²) in [7, 11) is 0. The van der Waals surface area contributed by atoms with Crippen molar-refractivity contribution in [2.75, 3.05) is 6.61 Å². The van der Waals surface area contributed by atoms with Gasteiger partial charge in [-0.3, -0.25) is 0 Å². The van der Waals surface area contributed by atoms with Gasteiger partial charge >= 0.3 is 0 Å². The zero-order valence-electron chi connectivity index (χ0n) is 11.6. The number of hydrogen-bond acceptors (Lipinski definition) is 1. The van der Waals surface area contributed by atoms with Gasteiger partial charge in [-0.15, -0.1) is 0 Å². The van der Waals surface area contributed by atoms with Gasteiger partial charge in [-0.1, -0.05) is 49.4 Å². The molecular formula is C17H22O. The molecule has 0 saturated heterocycles. The number of benzene rings is 1. The summed E-state index contributed by atoms with van der Waals surface area (Å²) in [5, 5.41) is 0. The Morgan fingerprint density at radius 1 is 1.22 bits per heavy atom. The zero-order chi connectivity index (χ0) is 13.4. The first-order valence-electron chi connectivity index (χ1n) is 6.40. The van der Waals surface area contributed by atoms with Crippen molar-refractivity contribution in [1.29, 1.82) is 0 Å². The summed E-state index contributed by atoms with van der Waals surface area (Å²) in [6.45, 7) is 10.8. The van der Waals surface area contributed by atoms with Crippen LogP contribution in [0, 0.1) is 0 Å². The molecule has 0 saturated carbocycles. The van der Waals surface area contributed by atoms with Crippen LogP contribution in [0.25, 0.3) is 5.57 Å². The second-order valence-electron chi connectivity index (χ2n) is 4.30. The first-order valence-corrected chi connectivity index (χ1v) is 6.40. The highest BCUT2D eigenvalue weighted by Crippen LogP contribution is 2.20. The molecule has 0 fully saturated rings. The van der Waals surface area contributed by atoms with E-state index >= 15 is 0 Å². The van der Waals surface area contributed by atoms with E-state index in [-0.39, 0.29) is 0 Å². The molecule has 0 amide bonds. The van der Waals surface area contributed by atoms with Crippen LogP contribution in [-0.2, 0) is 0 Å². The number of rotatable bonds is 6. The predicted molar refractivity (Wildman–Crippen MR) is 79.8 cm³/mol. The second kappa shape index (κ2) is 7.54. The SMILES string of the molecule is C=C(C)/C=C\C(=C/C)c1ccc(OCCC)cc1. The van der Waals surface area contributed by atoms with Crippen LogP contribution in [0.2, 0.25) is 0 Å². The number of hydrogen-bond donors (Lipinski definition) is 0. The summed E-state index contributed by atoms with van der Waals surface area (Å²) in [5.41, 5.74) is 3.44. The average Bonchev–Trinajstić information content (AvgIpc) is 2.38. The first kappa shape index (κ1) is 14.3. The minimum Gasteiger partial charge on any atom is -0.494 e. The van der Waals surface area contributed by atoms with Gasteiger partial charge in [0.1, 0.15) is 5.75 Å². The monoisotopic (exact) mass is 242 g/mol. The molecule has 1 heteroatoms.